The first-order valence-corrected chi connectivity index (χ1v) is 4.89. The third-order valence-corrected chi connectivity index (χ3v) is 2.35. The predicted molar refractivity (Wildman–Crippen MR) is 49.5 cm³/mol. The lowest BCUT2D eigenvalue weighted by atomic mass is 10.4. The molecule has 0 N–H and O–H groups in total. The SMILES string of the molecule is CSc1cc(C)n2nccc2n1. The molecule has 0 fully saturated rings. The van der Waals surface area contributed by atoms with Crippen LogP contribution in [0, 0.1) is 6.92 Å². The molecule has 0 amide bonds. The Bertz CT molecular complexity index is 408. The fourth-order valence-electron chi connectivity index (χ4n) is 1.14. The summed E-state index contributed by atoms with van der Waals surface area (Å²) in [5, 5.41) is 5.18. The minimum absolute atomic E-state index is 0.916. The molecule has 0 aromatic carbocycles. The van der Waals surface area contributed by atoms with Crippen molar-refractivity contribution in [2.24, 2.45) is 0 Å². The van der Waals surface area contributed by atoms with Crippen LogP contribution in [0.2, 0.25) is 0 Å². The summed E-state index contributed by atoms with van der Waals surface area (Å²) in [5.41, 5.74) is 2.04. The number of hydrogen-bond acceptors (Lipinski definition) is 3. The van der Waals surface area contributed by atoms with E-state index in [0.717, 1.165) is 16.4 Å². The number of rotatable bonds is 1. The van der Waals surface area contributed by atoms with Crippen molar-refractivity contribution in [2.75, 3.05) is 6.26 Å². The zero-order valence-electron chi connectivity index (χ0n) is 6.98. The quantitative estimate of drug-likeness (QED) is 0.493. The summed E-state index contributed by atoms with van der Waals surface area (Å²) in [5.74, 6) is 0. The highest BCUT2D eigenvalue weighted by atomic mass is 32.2. The van der Waals surface area contributed by atoms with E-state index in [0.29, 0.717) is 0 Å². The minimum Gasteiger partial charge on any atom is -0.222 e. The second-order valence-corrected chi connectivity index (χ2v) is 3.37. The molecular formula is C8H9N3S. The van der Waals surface area contributed by atoms with E-state index in [2.05, 4.69) is 10.1 Å². The van der Waals surface area contributed by atoms with Gasteiger partial charge in [0.2, 0.25) is 0 Å². The zero-order chi connectivity index (χ0) is 8.55. The maximum Gasteiger partial charge on any atom is 0.156 e. The van der Waals surface area contributed by atoms with Gasteiger partial charge in [-0.2, -0.15) is 5.10 Å². The molecule has 3 nitrogen and oxygen atoms in total. The molecule has 12 heavy (non-hydrogen) atoms. The van der Waals surface area contributed by atoms with Crippen LogP contribution in [0.25, 0.3) is 5.65 Å². The van der Waals surface area contributed by atoms with E-state index in [-0.39, 0.29) is 0 Å². The molecule has 2 aromatic heterocycles. The van der Waals surface area contributed by atoms with E-state index in [1.165, 1.54) is 0 Å². The van der Waals surface area contributed by atoms with E-state index >= 15 is 0 Å². The third kappa shape index (κ3) is 1.08. The van der Waals surface area contributed by atoms with Gasteiger partial charge in [0.05, 0.1) is 6.20 Å². The van der Waals surface area contributed by atoms with Crippen molar-refractivity contribution in [3.05, 3.63) is 24.0 Å². The topological polar surface area (TPSA) is 30.2 Å². The number of aromatic nitrogens is 3. The van der Waals surface area contributed by atoms with Crippen molar-refractivity contribution in [2.45, 2.75) is 11.9 Å². The van der Waals surface area contributed by atoms with Crippen molar-refractivity contribution in [1.82, 2.24) is 14.6 Å². The van der Waals surface area contributed by atoms with E-state index in [1.54, 1.807) is 18.0 Å². The molecule has 0 aliphatic rings. The summed E-state index contributed by atoms with van der Waals surface area (Å²) in [4.78, 5) is 4.38. The highest BCUT2D eigenvalue weighted by Gasteiger charge is 2.00. The van der Waals surface area contributed by atoms with Gasteiger partial charge in [0.1, 0.15) is 5.03 Å². The van der Waals surface area contributed by atoms with E-state index in [4.69, 9.17) is 0 Å². The summed E-state index contributed by atoms with van der Waals surface area (Å²) in [6.07, 6.45) is 3.79. The van der Waals surface area contributed by atoms with Crippen molar-refractivity contribution < 1.29 is 0 Å². The molecule has 0 atom stereocenters. The minimum atomic E-state index is 0.916. The van der Waals surface area contributed by atoms with Gasteiger partial charge in [-0.05, 0) is 19.2 Å². The van der Waals surface area contributed by atoms with Crippen LogP contribution in [0.5, 0.6) is 0 Å². The average Bonchev–Trinajstić information content (AvgIpc) is 2.52. The largest absolute Gasteiger partial charge is 0.222 e. The Morgan fingerprint density at radius 2 is 2.33 bits per heavy atom. The van der Waals surface area contributed by atoms with Gasteiger partial charge in [-0.15, -0.1) is 11.8 Å². The monoisotopic (exact) mass is 179 g/mol. The predicted octanol–water partition coefficient (Wildman–Crippen LogP) is 1.76. The van der Waals surface area contributed by atoms with Gasteiger partial charge in [0, 0.05) is 11.8 Å². The molecule has 0 saturated heterocycles. The average molecular weight is 179 g/mol. The van der Waals surface area contributed by atoms with E-state index in [9.17, 15) is 0 Å². The summed E-state index contributed by atoms with van der Waals surface area (Å²) < 4.78 is 1.83. The number of thioether (sulfide) groups is 1. The second kappa shape index (κ2) is 2.79. The Morgan fingerprint density at radius 3 is 3.08 bits per heavy atom. The van der Waals surface area contributed by atoms with Gasteiger partial charge in [0.15, 0.2) is 5.65 Å². The third-order valence-electron chi connectivity index (χ3n) is 1.72. The Morgan fingerprint density at radius 1 is 1.50 bits per heavy atom. The molecule has 0 unspecified atom stereocenters. The van der Waals surface area contributed by atoms with Crippen LogP contribution in [0.4, 0.5) is 0 Å². The van der Waals surface area contributed by atoms with Crippen molar-refractivity contribution in [1.29, 1.82) is 0 Å². The molecular weight excluding hydrogens is 170 g/mol. The zero-order valence-corrected chi connectivity index (χ0v) is 7.80. The molecule has 2 rings (SSSR count). The van der Waals surface area contributed by atoms with Gasteiger partial charge >= 0.3 is 0 Å². The molecule has 0 radical (unpaired) electrons. The Hall–Kier alpha value is -1.03. The van der Waals surface area contributed by atoms with Gasteiger partial charge in [-0.1, -0.05) is 0 Å². The van der Waals surface area contributed by atoms with E-state index in [1.807, 2.05) is 29.8 Å². The maximum atomic E-state index is 4.38. The number of hydrogen-bond donors (Lipinski definition) is 0. The van der Waals surface area contributed by atoms with Gasteiger partial charge in [-0.25, -0.2) is 9.50 Å². The van der Waals surface area contributed by atoms with Crippen LogP contribution in [-0.4, -0.2) is 20.9 Å². The molecule has 0 aliphatic heterocycles. The van der Waals surface area contributed by atoms with Crippen LogP contribution in [0.3, 0.4) is 0 Å². The molecule has 0 spiro atoms. The highest BCUT2D eigenvalue weighted by Crippen LogP contribution is 2.14. The maximum absolute atomic E-state index is 4.38. The lowest BCUT2D eigenvalue weighted by Gasteiger charge is -2.00. The molecule has 0 bridgehead atoms. The smallest absolute Gasteiger partial charge is 0.156 e. The standard InChI is InChI=1S/C8H9N3S/c1-6-5-8(12-2)10-7-3-4-9-11(6)7/h3-5H,1-2H3. The molecule has 0 saturated carbocycles. The Kier molecular flexibility index (Phi) is 1.77. The molecule has 4 heteroatoms. The molecule has 0 aliphatic carbocycles. The van der Waals surface area contributed by atoms with Crippen molar-refractivity contribution in [3.8, 4) is 0 Å². The van der Waals surface area contributed by atoms with Crippen LogP contribution in [0.15, 0.2) is 23.4 Å². The first-order valence-electron chi connectivity index (χ1n) is 3.66. The summed E-state index contributed by atoms with van der Waals surface area (Å²) >= 11 is 1.65. The molecule has 2 heterocycles. The summed E-state index contributed by atoms with van der Waals surface area (Å²) in [7, 11) is 0. The molecule has 2 aromatic rings. The first-order chi connectivity index (χ1) is 5.81. The fourth-order valence-corrected chi connectivity index (χ4v) is 1.62. The van der Waals surface area contributed by atoms with Gasteiger partial charge < -0.3 is 0 Å². The second-order valence-electron chi connectivity index (χ2n) is 2.54. The Balaban J connectivity index is 2.75. The first kappa shape index (κ1) is 7.61. The highest BCUT2D eigenvalue weighted by molar-refractivity contribution is 7.98. The number of fused-ring (bicyclic) bond motifs is 1. The lowest BCUT2D eigenvalue weighted by molar-refractivity contribution is 0.872. The summed E-state index contributed by atoms with van der Waals surface area (Å²) in [6.45, 7) is 2.03. The lowest BCUT2D eigenvalue weighted by Crippen LogP contribution is -1.95. The Labute approximate surface area is 74.8 Å². The van der Waals surface area contributed by atoms with Crippen molar-refractivity contribution >= 4 is 17.4 Å². The fraction of sp³-hybridized carbons (Fsp3) is 0.250. The van der Waals surface area contributed by atoms with Gasteiger partial charge in [0.25, 0.3) is 0 Å². The number of nitrogens with zero attached hydrogens (tertiary/aromatic N) is 3. The normalized spacial score (nSPS) is 10.8. The van der Waals surface area contributed by atoms with Crippen LogP contribution in [0.1, 0.15) is 5.69 Å². The van der Waals surface area contributed by atoms with Gasteiger partial charge in [-0.3, -0.25) is 0 Å². The van der Waals surface area contributed by atoms with Crippen LogP contribution < -0.4 is 0 Å². The van der Waals surface area contributed by atoms with E-state index < -0.39 is 0 Å². The van der Waals surface area contributed by atoms with Crippen molar-refractivity contribution in [3.63, 3.8) is 0 Å². The number of aryl methyl sites for hydroxylation is 1. The van der Waals surface area contributed by atoms with Crippen LogP contribution in [-0.2, 0) is 0 Å². The van der Waals surface area contributed by atoms with Crippen LogP contribution >= 0.6 is 11.8 Å². The summed E-state index contributed by atoms with van der Waals surface area (Å²) in [6, 6.07) is 3.94. The molecule has 62 valence electrons.